The molecule has 1 aromatic carbocycles. The summed E-state index contributed by atoms with van der Waals surface area (Å²) in [6.07, 6.45) is 3.74. The van der Waals surface area contributed by atoms with Crippen molar-refractivity contribution >= 4 is 5.91 Å². The minimum absolute atomic E-state index is 0.231. The number of rotatable bonds is 7. The molecule has 2 aromatic rings. The van der Waals surface area contributed by atoms with E-state index in [4.69, 9.17) is 5.21 Å². The van der Waals surface area contributed by atoms with Gasteiger partial charge in [0, 0.05) is 12.6 Å². The lowest BCUT2D eigenvalue weighted by Crippen LogP contribution is -2.27. The number of hydroxylamine groups is 1. The number of carbonyl (C=O) groups excluding carboxylic acids is 1. The molecule has 0 radical (unpaired) electrons. The van der Waals surface area contributed by atoms with Crippen LogP contribution in [0.2, 0.25) is 0 Å². The third-order valence-electron chi connectivity index (χ3n) is 3.89. The number of pyridine rings is 1. The van der Waals surface area contributed by atoms with E-state index in [0.717, 1.165) is 5.56 Å². The summed E-state index contributed by atoms with van der Waals surface area (Å²) in [6.45, 7) is 0. The molecule has 0 aliphatic rings. The average Bonchev–Trinajstić information content (AvgIpc) is 2.63. The Hall–Kier alpha value is -2.71. The van der Waals surface area contributed by atoms with E-state index in [1.165, 1.54) is 0 Å². The number of benzene rings is 1. The number of nitrogens with zero attached hydrogens (tertiary/aromatic N) is 2. The zero-order valence-electron chi connectivity index (χ0n) is 12.8. The first-order valence-corrected chi connectivity index (χ1v) is 7.54. The van der Waals surface area contributed by atoms with E-state index in [-0.39, 0.29) is 6.42 Å². The summed E-state index contributed by atoms with van der Waals surface area (Å²) < 4.78 is 0. The molecule has 5 heteroatoms. The van der Waals surface area contributed by atoms with Gasteiger partial charge in [-0.25, -0.2) is 5.48 Å². The molecule has 0 saturated carbocycles. The zero-order valence-corrected chi connectivity index (χ0v) is 12.8. The summed E-state index contributed by atoms with van der Waals surface area (Å²) in [4.78, 5) is 15.5. The quantitative estimate of drug-likeness (QED) is 0.468. The molecule has 0 aliphatic carbocycles. The fraction of sp³-hybridized carbons (Fsp3) is 0.278. The van der Waals surface area contributed by atoms with Gasteiger partial charge in [-0.1, -0.05) is 42.8 Å². The van der Waals surface area contributed by atoms with Crippen LogP contribution in [0.15, 0.2) is 54.7 Å². The summed E-state index contributed by atoms with van der Waals surface area (Å²) in [5.74, 6) is -0.412. The topological polar surface area (TPSA) is 86.0 Å². The van der Waals surface area contributed by atoms with Crippen LogP contribution >= 0.6 is 0 Å². The Bertz CT molecular complexity index is 626. The molecule has 1 unspecified atom stereocenters. The maximum atomic E-state index is 11.1. The number of hydrogen-bond acceptors (Lipinski definition) is 4. The van der Waals surface area contributed by atoms with Crippen LogP contribution in [0.4, 0.5) is 0 Å². The molecule has 118 valence electrons. The number of carbonyl (C=O) groups is 1. The third-order valence-corrected chi connectivity index (χ3v) is 3.89. The van der Waals surface area contributed by atoms with E-state index in [9.17, 15) is 10.1 Å². The molecule has 1 aromatic heterocycles. The average molecular weight is 309 g/mol. The molecule has 1 heterocycles. The summed E-state index contributed by atoms with van der Waals surface area (Å²) in [5, 5.41) is 18.5. The van der Waals surface area contributed by atoms with Crippen LogP contribution in [0.1, 0.15) is 36.9 Å². The normalized spacial score (nSPS) is 12.9. The van der Waals surface area contributed by atoms with Crippen molar-refractivity contribution in [3.8, 4) is 6.07 Å². The zero-order chi connectivity index (χ0) is 16.5. The highest BCUT2D eigenvalue weighted by Crippen LogP contribution is 2.35. The second kappa shape index (κ2) is 8.06. The summed E-state index contributed by atoms with van der Waals surface area (Å²) in [7, 11) is 0. The number of nitriles is 1. The molecule has 1 amide bonds. The van der Waals surface area contributed by atoms with Crippen LogP contribution < -0.4 is 5.48 Å². The lowest BCUT2D eigenvalue weighted by atomic mass is 9.74. The fourth-order valence-electron chi connectivity index (χ4n) is 2.67. The Morgan fingerprint density at radius 2 is 1.91 bits per heavy atom. The monoisotopic (exact) mass is 309 g/mol. The number of amides is 1. The van der Waals surface area contributed by atoms with Gasteiger partial charge in [0.2, 0.25) is 5.91 Å². The van der Waals surface area contributed by atoms with Gasteiger partial charge in [0.15, 0.2) is 0 Å². The Morgan fingerprint density at radius 1 is 1.17 bits per heavy atom. The van der Waals surface area contributed by atoms with Crippen LogP contribution in [0.25, 0.3) is 0 Å². The van der Waals surface area contributed by atoms with Crippen molar-refractivity contribution in [3.63, 3.8) is 0 Å². The van der Waals surface area contributed by atoms with Gasteiger partial charge in [-0.3, -0.25) is 15.0 Å². The van der Waals surface area contributed by atoms with Crippen molar-refractivity contribution in [2.75, 3.05) is 0 Å². The predicted molar refractivity (Wildman–Crippen MR) is 85.5 cm³/mol. The molecular weight excluding hydrogens is 290 g/mol. The molecule has 0 spiro atoms. The molecule has 2 rings (SSSR count). The number of nitrogens with one attached hydrogen (secondary N) is 1. The van der Waals surface area contributed by atoms with E-state index in [1.54, 1.807) is 11.7 Å². The second-order valence-corrected chi connectivity index (χ2v) is 5.34. The first-order chi connectivity index (χ1) is 11.2. The maximum absolute atomic E-state index is 11.1. The van der Waals surface area contributed by atoms with Gasteiger partial charge in [-0.05, 0) is 30.5 Å². The van der Waals surface area contributed by atoms with Gasteiger partial charge >= 0.3 is 0 Å². The highest BCUT2D eigenvalue weighted by atomic mass is 16.5. The minimum atomic E-state index is -0.835. The fourth-order valence-corrected chi connectivity index (χ4v) is 2.67. The Labute approximate surface area is 135 Å². The van der Waals surface area contributed by atoms with Gasteiger partial charge in [-0.15, -0.1) is 0 Å². The first-order valence-electron chi connectivity index (χ1n) is 7.54. The van der Waals surface area contributed by atoms with Crippen LogP contribution in [0.3, 0.4) is 0 Å². The van der Waals surface area contributed by atoms with Crippen molar-refractivity contribution in [1.29, 1.82) is 5.26 Å². The van der Waals surface area contributed by atoms with Crippen molar-refractivity contribution in [3.05, 3.63) is 66.0 Å². The lowest BCUT2D eigenvalue weighted by molar-refractivity contribution is -0.129. The molecule has 1 atom stereocenters. The number of aromatic nitrogens is 1. The maximum Gasteiger partial charge on any atom is 0.243 e. The van der Waals surface area contributed by atoms with Crippen molar-refractivity contribution < 1.29 is 10.0 Å². The van der Waals surface area contributed by atoms with Crippen molar-refractivity contribution in [2.45, 2.75) is 31.1 Å². The molecule has 23 heavy (non-hydrogen) atoms. The van der Waals surface area contributed by atoms with Gasteiger partial charge in [-0.2, -0.15) is 5.26 Å². The molecule has 0 aliphatic heterocycles. The van der Waals surface area contributed by atoms with Gasteiger partial charge < -0.3 is 0 Å². The SMILES string of the molecule is N#CC(CCCCC(=O)NO)(c1ccccc1)c1ccccn1. The highest BCUT2D eigenvalue weighted by molar-refractivity contribution is 5.74. The van der Waals surface area contributed by atoms with E-state index < -0.39 is 11.3 Å². The predicted octanol–water partition coefficient (Wildman–Crippen LogP) is 2.96. The second-order valence-electron chi connectivity index (χ2n) is 5.34. The molecular formula is C18H19N3O2. The van der Waals surface area contributed by atoms with E-state index in [1.807, 2.05) is 48.5 Å². The molecule has 0 fully saturated rings. The minimum Gasteiger partial charge on any atom is -0.289 e. The highest BCUT2D eigenvalue weighted by Gasteiger charge is 2.35. The van der Waals surface area contributed by atoms with Crippen molar-refractivity contribution in [1.82, 2.24) is 10.5 Å². The van der Waals surface area contributed by atoms with Crippen molar-refractivity contribution in [2.24, 2.45) is 0 Å². The number of hydrogen-bond donors (Lipinski definition) is 2. The number of unbranched alkanes of at least 4 members (excludes halogenated alkanes) is 1. The van der Waals surface area contributed by atoms with Crippen LogP contribution in [0.5, 0.6) is 0 Å². The molecule has 0 bridgehead atoms. The standard InChI is InChI=1S/C18H19N3O2/c19-14-18(15-8-2-1-3-9-15,16-10-5-7-13-20-16)12-6-4-11-17(22)21-23/h1-3,5,7-10,13,23H,4,6,11-12H2,(H,21,22). The van der Waals surface area contributed by atoms with Gasteiger partial charge in [0.1, 0.15) is 5.41 Å². The van der Waals surface area contributed by atoms with Crippen LogP contribution in [-0.4, -0.2) is 16.1 Å². The van der Waals surface area contributed by atoms with Gasteiger partial charge in [0.25, 0.3) is 0 Å². The first kappa shape index (κ1) is 16.7. The van der Waals surface area contributed by atoms with E-state index in [0.29, 0.717) is 25.0 Å². The smallest absolute Gasteiger partial charge is 0.243 e. The summed E-state index contributed by atoms with van der Waals surface area (Å²) >= 11 is 0. The Kier molecular flexibility index (Phi) is 5.84. The summed E-state index contributed by atoms with van der Waals surface area (Å²) in [5.41, 5.74) is 2.39. The van der Waals surface area contributed by atoms with Gasteiger partial charge in [0.05, 0.1) is 11.8 Å². The largest absolute Gasteiger partial charge is 0.289 e. The Morgan fingerprint density at radius 3 is 2.52 bits per heavy atom. The molecule has 5 nitrogen and oxygen atoms in total. The molecule has 0 saturated heterocycles. The summed E-state index contributed by atoms with van der Waals surface area (Å²) in [6, 6.07) is 17.6. The van der Waals surface area contributed by atoms with Crippen LogP contribution in [0, 0.1) is 11.3 Å². The third kappa shape index (κ3) is 3.93. The van der Waals surface area contributed by atoms with E-state index in [2.05, 4.69) is 11.1 Å². The van der Waals surface area contributed by atoms with Crippen LogP contribution in [-0.2, 0) is 10.2 Å². The van der Waals surface area contributed by atoms with E-state index >= 15 is 0 Å². The molecule has 2 N–H and O–H groups in total. The lowest BCUT2D eigenvalue weighted by Gasteiger charge is -2.26. The Balaban J connectivity index is 2.25.